The summed E-state index contributed by atoms with van der Waals surface area (Å²) in [4.78, 5) is 64.5. The van der Waals surface area contributed by atoms with Gasteiger partial charge in [0.15, 0.2) is 16.9 Å². The molecule has 3 heterocycles. The van der Waals surface area contributed by atoms with Gasteiger partial charge in [-0.25, -0.2) is 4.98 Å². The van der Waals surface area contributed by atoms with E-state index in [4.69, 9.17) is 29.2 Å². The highest BCUT2D eigenvalue weighted by molar-refractivity contribution is 7.39. The van der Waals surface area contributed by atoms with Gasteiger partial charge in [0.1, 0.15) is 48.2 Å². The van der Waals surface area contributed by atoms with Gasteiger partial charge in [0, 0.05) is 19.4 Å². The summed E-state index contributed by atoms with van der Waals surface area (Å²) in [6.07, 6.45) is -8.74. The quantitative estimate of drug-likeness (QED) is 0.0576. The van der Waals surface area contributed by atoms with Gasteiger partial charge in [0.05, 0.1) is 39.2 Å². The van der Waals surface area contributed by atoms with Crippen molar-refractivity contribution in [2.45, 2.75) is 96.4 Å². The Morgan fingerprint density at radius 1 is 0.939 bits per heavy atom. The third-order valence-electron chi connectivity index (χ3n) is 12.2. The predicted octanol–water partition coefficient (Wildman–Crippen LogP) is 6.87. The number of halogens is 3. The number of Topliss-reactive ketones (excluding diaryl/α,β-unsaturated/α-hetero) is 1. The van der Waals surface area contributed by atoms with Crippen LogP contribution in [0.15, 0.2) is 90.0 Å². The van der Waals surface area contributed by atoms with Crippen LogP contribution in [0, 0.1) is 5.92 Å². The lowest BCUT2D eigenvalue weighted by Gasteiger charge is -2.47. The average Bonchev–Trinajstić information content (AvgIpc) is 3.90. The molecule has 5 atom stereocenters. The number of hydrogen-bond donors (Lipinski definition) is 3. The van der Waals surface area contributed by atoms with Crippen LogP contribution in [-0.2, 0) is 29.2 Å². The van der Waals surface area contributed by atoms with Gasteiger partial charge in [-0.1, -0.05) is 68.4 Å². The largest absolute Gasteiger partial charge is 0.497 e. The van der Waals surface area contributed by atoms with Gasteiger partial charge in [-0.15, -0.1) is 0 Å². The van der Waals surface area contributed by atoms with Crippen molar-refractivity contribution in [3.63, 3.8) is 0 Å². The van der Waals surface area contributed by atoms with Gasteiger partial charge >= 0.3 is 20.6 Å². The van der Waals surface area contributed by atoms with Gasteiger partial charge in [-0.3, -0.25) is 32.7 Å². The number of benzene rings is 3. The highest BCUT2D eigenvalue weighted by Gasteiger charge is 2.55. The summed E-state index contributed by atoms with van der Waals surface area (Å²) >= 11 is 0. The molecule has 356 valence electrons. The van der Waals surface area contributed by atoms with E-state index in [1.165, 1.54) is 10.9 Å². The standard InChI is InChI=1S/C46H57F3N7O9P/c1-27(2)38(57)40(64-45(30-13-11-10-12-14-30,31-15-19-33(61-8)20-16-31)32-17-21-34(62-9)22-18-32)39-35(25-36(63-39)55-26-51-37-41(55)52-44(50)53-42(37)58)65-66(60)56(28(3)4,29(5)6)24-23-54(7)43(59)46(47,48)49/h10-22,26-29,35-36,39-40,60H,23-25H2,1-9H3,(H2-,50,52,53,58)/p+1/t35-,36+,39-,40?,66?/m0/s1. The van der Waals surface area contributed by atoms with Gasteiger partial charge in [0.2, 0.25) is 5.95 Å². The topological polar surface area (TPSA) is 193 Å². The molecule has 1 amide bonds. The molecule has 0 spiro atoms. The molecule has 1 fully saturated rings. The van der Waals surface area contributed by atoms with Crippen LogP contribution >= 0.6 is 8.53 Å². The molecule has 66 heavy (non-hydrogen) atoms. The first-order chi connectivity index (χ1) is 31.2. The van der Waals surface area contributed by atoms with Crippen LogP contribution in [0.25, 0.3) is 11.2 Å². The summed E-state index contributed by atoms with van der Waals surface area (Å²) in [5, 5.41) is 0. The molecule has 5 aromatic rings. The van der Waals surface area contributed by atoms with Crippen molar-refractivity contribution in [3.05, 3.63) is 112 Å². The van der Waals surface area contributed by atoms with Gasteiger partial charge in [-0.05, 0) is 68.7 Å². The van der Waals surface area contributed by atoms with Crippen LogP contribution < -0.4 is 20.8 Å². The molecule has 1 aliphatic heterocycles. The number of methoxy groups -OCH3 is 2. The maximum Gasteiger partial charge on any atom is 0.471 e. The number of aromatic amines is 1. The maximum absolute atomic E-state index is 15.1. The number of quaternary nitrogens is 1. The van der Waals surface area contributed by atoms with E-state index in [1.807, 2.05) is 82.3 Å². The third-order valence-corrected chi connectivity index (χ3v) is 14.4. The number of alkyl halides is 3. The Labute approximate surface area is 382 Å². The number of hydrogen-bond acceptors (Lipinski definition) is 12. The van der Waals surface area contributed by atoms with Crippen LogP contribution in [0.1, 0.15) is 70.9 Å². The molecule has 1 saturated heterocycles. The number of nitrogens with zero attached hydrogens (tertiary/aromatic N) is 5. The normalized spacial score (nSPS) is 18.0. The zero-order chi connectivity index (χ0) is 48.3. The molecule has 0 bridgehead atoms. The fourth-order valence-electron chi connectivity index (χ4n) is 8.62. The van der Waals surface area contributed by atoms with E-state index in [-0.39, 0.29) is 46.7 Å². The number of anilines is 1. The summed E-state index contributed by atoms with van der Waals surface area (Å²) < 4.78 is 74.1. The first-order valence-corrected chi connectivity index (χ1v) is 22.7. The molecule has 6 rings (SSSR count). The number of nitrogen functional groups attached to an aromatic ring is 1. The number of rotatable bonds is 19. The minimum Gasteiger partial charge on any atom is -0.497 e. The number of aromatic nitrogens is 4. The second-order valence-electron chi connectivity index (χ2n) is 17.1. The number of ketones is 1. The van der Waals surface area contributed by atoms with E-state index in [1.54, 1.807) is 52.3 Å². The zero-order valence-corrected chi connectivity index (χ0v) is 39.2. The van der Waals surface area contributed by atoms with Gasteiger partial charge < -0.3 is 34.5 Å². The number of imidazole rings is 1. The van der Waals surface area contributed by atoms with E-state index in [9.17, 15) is 27.7 Å². The van der Waals surface area contributed by atoms with Crippen LogP contribution in [0.2, 0.25) is 0 Å². The number of amides is 1. The Hall–Kier alpha value is -5.43. The molecule has 0 aliphatic carbocycles. The number of carbonyl (C=O) groups excluding carboxylic acids is 2. The lowest BCUT2D eigenvalue weighted by atomic mass is 9.79. The van der Waals surface area contributed by atoms with E-state index in [0.717, 1.165) is 7.05 Å². The Kier molecular flexibility index (Phi) is 15.3. The first-order valence-electron chi connectivity index (χ1n) is 21.5. The zero-order valence-electron chi connectivity index (χ0n) is 38.4. The number of carbonyl (C=O) groups is 2. The van der Waals surface area contributed by atoms with E-state index < -0.39 is 74.3 Å². The first kappa shape index (κ1) is 50.0. The van der Waals surface area contributed by atoms with Crippen molar-refractivity contribution in [1.82, 2.24) is 24.4 Å². The number of ether oxygens (including phenoxy) is 4. The second kappa shape index (κ2) is 20.2. The van der Waals surface area contributed by atoms with Crippen molar-refractivity contribution in [2.75, 3.05) is 40.1 Å². The van der Waals surface area contributed by atoms with Crippen LogP contribution in [0.4, 0.5) is 19.1 Å². The van der Waals surface area contributed by atoms with E-state index >= 15 is 4.79 Å². The molecule has 4 N–H and O–H groups in total. The fraction of sp³-hybridized carbons (Fsp3) is 0.457. The van der Waals surface area contributed by atoms with Crippen molar-refractivity contribution in [3.8, 4) is 11.5 Å². The molecular weight excluding hydrogens is 883 g/mol. The molecule has 2 unspecified atom stereocenters. The van der Waals surface area contributed by atoms with E-state index in [2.05, 4.69) is 15.0 Å². The summed E-state index contributed by atoms with van der Waals surface area (Å²) in [5.41, 5.74) is 5.79. The lowest BCUT2D eigenvalue weighted by Crippen LogP contribution is -2.58. The van der Waals surface area contributed by atoms with E-state index in [0.29, 0.717) is 33.1 Å². The lowest BCUT2D eigenvalue weighted by molar-refractivity contribution is -0.861. The molecule has 20 heteroatoms. The second-order valence-corrected chi connectivity index (χ2v) is 18.5. The predicted molar refractivity (Wildman–Crippen MR) is 241 cm³/mol. The highest BCUT2D eigenvalue weighted by Crippen LogP contribution is 2.54. The van der Waals surface area contributed by atoms with Crippen LogP contribution in [0.5, 0.6) is 11.5 Å². The minimum absolute atomic E-state index is 0.0286. The third kappa shape index (κ3) is 9.82. The summed E-state index contributed by atoms with van der Waals surface area (Å²) in [5.74, 6) is -2.08. The summed E-state index contributed by atoms with van der Waals surface area (Å²) in [7, 11) is 1.51. The van der Waals surface area contributed by atoms with Crippen LogP contribution in [0.3, 0.4) is 0 Å². The number of nitrogens with two attached hydrogens (primary N) is 1. The number of nitrogens with one attached hydrogen (secondary N) is 1. The van der Waals surface area contributed by atoms with Crippen molar-refractivity contribution in [2.24, 2.45) is 5.92 Å². The Balaban J connectivity index is 1.54. The summed E-state index contributed by atoms with van der Waals surface area (Å²) in [6, 6.07) is 23.0. The van der Waals surface area contributed by atoms with Gasteiger partial charge in [-0.2, -0.15) is 18.2 Å². The van der Waals surface area contributed by atoms with Crippen LogP contribution in [-0.4, -0.2) is 116 Å². The molecular formula is C46H58F3N7O9P+. The van der Waals surface area contributed by atoms with Gasteiger partial charge in [0.25, 0.3) is 5.56 Å². The minimum atomic E-state index is -5.10. The molecule has 3 aromatic carbocycles. The Morgan fingerprint density at radius 2 is 1.48 bits per heavy atom. The number of fused-ring (bicyclic) bond motifs is 1. The molecule has 2 aromatic heterocycles. The maximum atomic E-state index is 15.1. The smallest absolute Gasteiger partial charge is 0.471 e. The monoisotopic (exact) mass is 940 g/mol. The molecule has 0 saturated carbocycles. The number of likely N-dealkylation sites (N-methyl/N-ethyl adjacent to an activating group) is 1. The van der Waals surface area contributed by atoms with Crippen molar-refractivity contribution >= 4 is 37.3 Å². The highest BCUT2D eigenvalue weighted by atomic mass is 31.2. The number of H-pyrrole nitrogens is 1. The SMILES string of the molecule is COc1ccc(C(OC(C(=O)C(C)C)[C@H]2O[C@@H](n3cnc4c(=O)[nH]c(N)nc43)C[C@@H]2OP(O)[N+](CCN(C)C(=O)C(F)(F)F)(C(C)C)C(C)C)(c2ccccc2)c2ccc(OC)cc2)cc1. The van der Waals surface area contributed by atoms with Crippen molar-refractivity contribution < 1.29 is 55.4 Å². The molecule has 16 nitrogen and oxygen atoms in total. The summed E-state index contributed by atoms with van der Waals surface area (Å²) in [6.45, 7) is 10.2. The molecule has 1 aliphatic rings. The van der Waals surface area contributed by atoms with Crippen molar-refractivity contribution in [1.29, 1.82) is 0 Å². The Bertz CT molecular complexity index is 2450. The Morgan fingerprint density at radius 3 is 1.98 bits per heavy atom. The fourth-order valence-corrected chi connectivity index (χ4v) is 10.3. The molecule has 0 radical (unpaired) electrons. The average molecular weight is 941 g/mol.